The molecule has 0 spiro atoms. The van der Waals surface area contributed by atoms with Crippen LogP contribution in [0, 0.1) is 11.3 Å². The van der Waals surface area contributed by atoms with Crippen molar-refractivity contribution in [1.29, 1.82) is 5.26 Å². The average Bonchev–Trinajstić information content (AvgIpc) is 2.43. The first-order valence-corrected chi connectivity index (χ1v) is 6.75. The lowest BCUT2D eigenvalue weighted by Gasteiger charge is -2.11. The largest absolute Gasteiger partial charge is 0.481 e. The Balaban J connectivity index is 2.66. The van der Waals surface area contributed by atoms with Gasteiger partial charge in [-0.25, -0.2) is 4.98 Å². The number of nitrogens with zero attached hydrogens (tertiary/aromatic N) is 2. The van der Waals surface area contributed by atoms with Crippen molar-refractivity contribution in [1.82, 2.24) is 4.98 Å². The number of methoxy groups -OCH3 is 1. The SMILES string of the molecule is COc1cc(CC#N)c(-c2cc(Cl)cc(Cl)c2Cl)cn1. The molecule has 0 saturated heterocycles. The second-order valence-corrected chi connectivity index (χ2v) is 5.19. The van der Waals surface area contributed by atoms with Crippen LogP contribution in [0.15, 0.2) is 24.4 Å². The van der Waals surface area contributed by atoms with Gasteiger partial charge in [0, 0.05) is 28.4 Å². The molecule has 2 rings (SSSR count). The van der Waals surface area contributed by atoms with E-state index >= 15 is 0 Å². The summed E-state index contributed by atoms with van der Waals surface area (Å²) in [5, 5.41) is 10.1. The fourth-order valence-electron chi connectivity index (χ4n) is 1.81. The van der Waals surface area contributed by atoms with Gasteiger partial charge in [-0.3, -0.25) is 0 Å². The van der Waals surface area contributed by atoms with Gasteiger partial charge in [0.1, 0.15) is 0 Å². The number of ether oxygens (including phenoxy) is 1. The van der Waals surface area contributed by atoms with Crippen molar-refractivity contribution in [3.8, 4) is 23.1 Å². The van der Waals surface area contributed by atoms with Gasteiger partial charge < -0.3 is 4.74 Å². The van der Waals surface area contributed by atoms with Crippen molar-refractivity contribution in [2.45, 2.75) is 6.42 Å². The third-order valence-corrected chi connectivity index (χ3v) is 3.75. The Bertz CT molecular complexity index is 696. The first kappa shape index (κ1) is 14.9. The van der Waals surface area contributed by atoms with Gasteiger partial charge in [-0.15, -0.1) is 0 Å². The lowest BCUT2D eigenvalue weighted by Crippen LogP contribution is -1.95. The van der Waals surface area contributed by atoms with Gasteiger partial charge in [0.25, 0.3) is 0 Å². The molecule has 0 bridgehead atoms. The van der Waals surface area contributed by atoms with Crippen molar-refractivity contribution < 1.29 is 4.74 Å². The molecule has 1 heterocycles. The van der Waals surface area contributed by atoms with E-state index in [1.165, 1.54) is 7.11 Å². The molecule has 0 saturated carbocycles. The molecule has 20 heavy (non-hydrogen) atoms. The third kappa shape index (κ3) is 2.99. The van der Waals surface area contributed by atoms with Gasteiger partial charge in [-0.2, -0.15) is 5.26 Å². The molecular formula is C14H9Cl3N2O. The maximum absolute atomic E-state index is 8.94. The summed E-state index contributed by atoms with van der Waals surface area (Å²) in [5.74, 6) is 0.434. The van der Waals surface area contributed by atoms with E-state index in [-0.39, 0.29) is 6.42 Å². The molecule has 0 radical (unpaired) electrons. The molecule has 0 N–H and O–H groups in total. The molecule has 1 aromatic carbocycles. The van der Waals surface area contributed by atoms with E-state index in [1.54, 1.807) is 24.4 Å². The summed E-state index contributed by atoms with van der Waals surface area (Å²) in [4.78, 5) is 4.14. The van der Waals surface area contributed by atoms with Crippen LogP contribution in [0.4, 0.5) is 0 Å². The molecular weight excluding hydrogens is 319 g/mol. The highest BCUT2D eigenvalue weighted by Gasteiger charge is 2.14. The molecule has 0 aliphatic carbocycles. The Labute approximate surface area is 131 Å². The summed E-state index contributed by atoms with van der Waals surface area (Å²) >= 11 is 18.3. The molecule has 3 nitrogen and oxygen atoms in total. The lowest BCUT2D eigenvalue weighted by molar-refractivity contribution is 0.397. The number of rotatable bonds is 3. The fraction of sp³-hybridized carbons (Fsp3) is 0.143. The van der Waals surface area contributed by atoms with Crippen LogP contribution in [-0.2, 0) is 6.42 Å². The maximum atomic E-state index is 8.94. The van der Waals surface area contributed by atoms with Crippen LogP contribution >= 0.6 is 34.8 Å². The molecule has 2 aromatic rings. The van der Waals surface area contributed by atoms with Crippen LogP contribution < -0.4 is 4.74 Å². The first-order valence-electron chi connectivity index (χ1n) is 5.61. The van der Waals surface area contributed by atoms with Gasteiger partial charge in [0.05, 0.1) is 29.6 Å². The smallest absolute Gasteiger partial charge is 0.213 e. The molecule has 0 unspecified atom stereocenters. The zero-order chi connectivity index (χ0) is 14.7. The molecule has 0 aliphatic heterocycles. The van der Waals surface area contributed by atoms with Crippen molar-refractivity contribution in [3.63, 3.8) is 0 Å². The second-order valence-electron chi connectivity index (χ2n) is 3.97. The molecule has 0 amide bonds. The fourth-order valence-corrected chi connectivity index (χ4v) is 2.52. The standard InChI is InChI=1S/C14H9Cl3N2O/c1-20-13-4-8(2-3-18)11(7-19-13)10-5-9(15)6-12(16)14(10)17/h4-7H,2H2,1H3. The van der Waals surface area contributed by atoms with Gasteiger partial charge in [0.15, 0.2) is 0 Å². The number of nitriles is 1. The predicted molar refractivity (Wildman–Crippen MR) is 80.6 cm³/mol. The van der Waals surface area contributed by atoms with E-state index in [2.05, 4.69) is 11.1 Å². The van der Waals surface area contributed by atoms with Crippen LogP contribution in [0.1, 0.15) is 5.56 Å². The van der Waals surface area contributed by atoms with E-state index in [4.69, 9.17) is 44.8 Å². The van der Waals surface area contributed by atoms with Crippen LogP contribution in [0.5, 0.6) is 5.88 Å². The highest BCUT2D eigenvalue weighted by molar-refractivity contribution is 6.45. The number of pyridine rings is 1. The summed E-state index contributed by atoms with van der Waals surface area (Å²) in [6.07, 6.45) is 1.80. The zero-order valence-corrected chi connectivity index (χ0v) is 12.7. The number of hydrogen-bond donors (Lipinski definition) is 0. The number of aromatic nitrogens is 1. The van der Waals surface area contributed by atoms with Crippen LogP contribution in [-0.4, -0.2) is 12.1 Å². The number of benzene rings is 1. The molecule has 6 heteroatoms. The Morgan fingerprint density at radius 2 is 1.95 bits per heavy atom. The molecule has 102 valence electrons. The minimum Gasteiger partial charge on any atom is -0.481 e. The van der Waals surface area contributed by atoms with E-state index in [0.717, 1.165) is 5.56 Å². The number of hydrogen-bond acceptors (Lipinski definition) is 3. The van der Waals surface area contributed by atoms with E-state index in [1.807, 2.05) is 0 Å². The third-order valence-electron chi connectivity index (χ3n) is 2.73. The van der Waals surface area contributed by atoms with Gasteiger partial charge in [-0.05, 0) is 17.7 Å². The quantitative estimate of drug-likeness (QED) is 0.762. The Morgan fingerprint density at radius 1 is 1.20 bits per heavy atom. The second kappa shape index (κ2) is 6.32. The molecule has 1 aromatic heterocycles. The van der Waals surface area contributed by atoms with E-state index in [9.17, 15) is 0 Å². The van der Waals surface area contributed by atoms with Gasteiger partial charge >= 0.3 is 0 Å². The summed E-state index contributed by atoms with van der Waals surface area (Å²) in [7, 11) is 1.52. The van der Waals surface area contributed by atoms with E-state index < -0.39 is 0 Å². The van der Waals surface area contributed by atoms with Gasteiger partial charge in [-0.1, -0.05) is 34.8 Å². The van der Waals surface area contributed by atoms with Gasteiger partial charge in [0.2, 0.25) is 5.88 Å². The van der Waals surface area contributed by atoms with Crippen molar-refractivity contribution in [2.24, 2.45) is 0 Å². The molecule has 0 atom stereocenters. The van der Waals surface area contributed by atoms with Crippen molar-refractivity contribution in [2.75, 3.05) is 7.11 Å². The van der Waals surface area contributed by atoms with Crippen LogP contribution in [0.25, 0.3) is 11.1 Å². The summed E-state index contributed by atoms with van der Waals surface area (Å²) < 4.78 is 5.06. The summed E-state index contributed by atoms with van der Waals surface area (Å²) in [6.45, 7) is 0. The van der Waals surface area contributed by atoms with Crippen LogP contribution in [0.3, 0.4) is 0 Å². The topological polar surface area (TPSA) is 45.9 Å². The minimum atomic E-state index is 0.203. The highest BCUT2D eigenvalue weighted by atomic mass is 35.5. The molecule has 0 aliphatic rings. The maximum Gasteiger partial charge on any atom is 0.213 e. The normalized spacial score (nSPS) is 10.2. The molecule has 0 fully saturated rings. The van der Waals surface area contributed by atoms with Crippen molar-refractivity contribution in [3.05, 3.63) is 45.0 Å². The van der Waals surface area contributed by atoms with Crippen molar-refractivity contribution >= 4 is 34.8 Å². The Morgan fingerprint density at radius 3 is 2.60 bits per heavy atom. The zero-order valence-electron chi connectivity index (χ0n) is 10.5. The Hall–Kier alpha value is -1.47. The monoisotopic (exact) mass is 326 g/mol. The highest BCUT2D eigenvalue weighted by Crippen LogP contribution is 2.38. The Kier molecular flexibility index (Phi) is 4.72. The van der Waals surface area contributed by atoms with E-state index in [0.29, 0.717) is 32.1 Å². The summed E-state index contributed by atoms with van der Waals surface area (Å²) in [6, 6.07) is 7.06. The summed E-state index contributed by atoms with van der Waals surface area (Å²) in [5.41, 5.74) is 2.10. The first-order chi connectivity index (χ1) is 9.56. The van der Waals surface area contributed by atoms with Crippen LogP contribution in [0.2, 0.25) is 15.1 Å². The average molecular weight is 328 g/mol. The number of halogens is 3. The minimum absolute atomic E-state index is 0.203. The lowest BCUT2D eigenvalue weighted by atomic mass is 10.00. The predicted octanol–water partition coefficient (Wildman–Crippen LogP) is 4.78.